The summed E-state index contributed by atoms with van der Waals surface area (Å²) in [6, 6.07) is 3.64. The Hall–Kier alpha value is -3.20. The van der Waals surface area contributed by atoms with E-state index >= 15 is 0 Å². The Morgan fingerprint density at radius 1 is 1.28 bits per heavy atom. The normalized spacial score (nSPS) is 16.8. The molecule has 0 radical (unpaired) electrons. The van der Waals surface area contributed by atoms with Crippen molar-refractivity contribution in [3.05, 3.63) is 53.6 Å². The molecule has 9 nitrogen and oxygen atoms in total. The predicted molar refractivity (Wildman–Crippen MR) is 103 cm³/mol. The maximum atomic E-state index is 12.6. The van der Waals surface area contributed by atoms with Crippen LogP contribution in [0.15, 0.2) is 35.4 Å². The molecule has 1 aliphatic rings. The molecule has 0 bridgehead atoms. The number of amides is 1. The Balaban J connectivity index is 1.39. The number of hydrogen-bond donors (Lipinski definition) is 0. The summed E-state index contributed by atoms with van der Waals surface area (Å²) in [5.41, 5.74) is 3.98. The van der Waals surface area contributed by atoms with Gasteiger partial charge in [-0.2, -0.15) is 10.2 Å². The molecule has 0 aromatic carbocycles. The summed E-state index contributed by atoms with van der Waals surface area (Å²) in [5, 5.41) is 11.5. The monoisotopic (exact) mass is 394 g/mol. The molecule has 1 aliphatic heterocycles. The number of rotatable bonds is 5. The van der Waals surface area contributed by atoms with Gasteiger partial charge in [0.1, 0.15) is 12.1 Å². The largest absolute Gasteiger partial charge is 0.375 e. The molecular formula is C20H22N6O3. The van der Waals surface area contributed by atoms with E-state index in [-0.39, 0.29) is 12.0 Å². The zero-order valence-corrected chi connectivity index (χ0v) is 16.4. The highest BCUT2D eigenvalue weighted by Crippen LogP contribution is 2.25. The zero-order valence-electron chi connectivity index (χ0n) is 16.4. The summed E-state index contributed by atoms with van der Waals surface area (Å²) in [7, 11) is 0. The van der Waals surface area contributed by atoms with E-state index in [1.54, 1.807) is 17.3 Å². The van der Waals surface area contributed by atoms with Crippen molar-refractivity contribution in [2.24, 2.45) is 0 Å². The third kappa shape index (κ3) is 4.29. The van der Waals surface area contributed by atoms with Gasteiger partial charge in [-0.15, -0.1) is 0 Å². The molecule has 0 spiro atoms. The first-order valence-corrected chi connectivity index (χ1v) is 9.53. The van der Waals surface area contributed by atoms with Crippen LogP contribution in [0.3, 0.4) is 0 Å². The van der Waals surface area contributed by atoms with Crippen LogP contribution < -0.4 is 0 Å². The van der Waals surface area contributed by atoms with E-state index in [4.69, 9.17) is 9.26 Å². The van der Waals surface area contributed by atoms with Crippen molar-refractivity contribution in [2.45, 2.75) is 32.8 Å². The van der Waals surface area contributed by atoms with E-state index in [9.17, 15) is 4.79 Å². The van der Waals surface area contributed by atoms with Crippen LogP contribution in [-0.4, -0.2) is 61.9 Å². The van der Waals surface area contributed by atoms with Gasteiger partial charge in [0.15, 0.2) is 0 Å². The summed E-state index contributed by atoms with van der Waals surface area (Å²) in [4.78, 5) is 23.2. The fourth-order valence-electron chi connectivity index (χ4n) is 3.51. The molecule has 0 saturated carbocycles. The molecule has 0 aliphatic carbocycles. The SMILES string of the molecule is Cc1noc(C)c1-c1cc(CC[C@H]2CN(C(=O)c3ccnnc3)CCO2)ncn1. The van der Waals surface area contributed by atoms with Crippen LogP contribution >= 0.6 is 0 Å². The van der Waals surface area contributed by atoms with E-state index in [1.807, 2.05) is 19.9 Å². The van der Waals surface area contributed by atoms with Gasteiger partial charge in [-0.05, 0) is 38.8 Å². The number of aryl methyl sites for hydroxylation is 3. The van der Waals surface area contributed by atoms with Gasteiger partial charge in [0.2, 0.25) is 0 Å². The number of aromatic nitrogens is 5. The summed E-state index contributed by atoms with van der Waals surface area (Å²) < 4.78 is 11.1. The minimum Gasteiger partial charge on any atom is -0.375 e. The first kappa shape index (κ1) is 19.1. The average molecular weight is 394 g/mol. The molecule has 1 atom stereocenters. The number of hydrogen-bond acceptors (Lipinski definition) is 8. The maximum Gasteiger partial charge on any atom is 0.255 e. The number of morpholine rings is 1. The summed E-state index contributed by atoms with van der Waals surface area (Å²) in [5.74, 6) is 0.693. The van der Waals surface area contributed by atoms with Gasteiger partial charge in [0.05, 0.1) is 47.6 Å². The third-order valence-corrected chi connectivity index (χ3v) is 4.99. The molecule has 3 aromatic heterocycles. The van der Waals surface area contributed by atoms with Gasteiger partial charge in [-0.3, -0.25) is 4.79 Å². The lowest BCUT2D eigenvalue weighted by molar-refractivity contribution is -0.0247. The van der Waals surface area contributed by atoms with Gasteiger partial charge in [-0.25, -0.2) is 9.97 Å². The first-order valence-electron chi connectivity index (χ1n) is 9.53. The Morgan fingerprint density at radius 2 is 2.17 bits per heavy atom. The minimum absolute atomic E-state index is 0.0417. The fraction of sp³-hybridized carbons (Fsp3) is 0.400. The molecule has 0 unspecified atom stereocenters. The predicted octanol–water partition coefficient (Wildman–Crippen LogP) is 2.01. The van der Waals surface area contributed by atoms with Crippen molar-refractivity contribution in [2.75, 3.05) is 19.7 Å². The van der Waals surface area contributed by atoms with Crippen LogP contribution in [0.4, 0.5) is 0 Å². The molecule has 4 heterocycles. The summed E-state index contributed by atoms with van der Waals surface area (Å²) >= 11 is 0. The van der Waals surface area contributed by atoms with Crippen LogP contribution in [0.2, 0.25) is 0 Å². The lowest BCUT2D eigenvalue weighted by atomic mass is 10.1. The molecule has 150 valence electrons. The Labute approximate surface area is 168 Å². The second-order valence-electron chi connectivity index (χ2n) is 7.01. The molecule has 9 heteroatoms. The lowest BCUT2D eigenvalue weighted by Gasteiger charge is -2.33. The Kier molecular flexibility index (Phi) is 5.57. The molecule has 1 fully saturated rings. The van der Waals surface area contributed by atoms with Crippen LogP contribution in [0, 0.1) is 13.8 Å². The van der Waals surface area contributed by atoms with Gasteiger partial charge in [0, 0.05) is 18.8 Å². The molecule has 29 heavy (non-hydrogen) atoms. The van der Waals surface area contributed by atoms with Gasteiger partial charge >= 0.3 is 0 Å². The van der Waals surface area contributed by atoms with Crippen LogP contribution in [0.1, 0.15) is 33.9 Å². The van der Waals surface area contributed by atoms with Crippen molar-refractivity contribution in [1.29, 1.82) is 0 Å². The highest BCUT2D eigenvalue weighted by atomic mass is 16.5. The quantitative estimate of drug-likeness (QED) is 0.647. The van der Waals surface area contributed by atoms with E-state index in [2.05, 4.69) is 25.3 Å². The van der Waals surface area contributed by atoms with Crippen LogP contribution in [0.25, 0.3) is 11.3 Å². The van der Waals surface area contributed by atoms with E-state index in [0.717, 1.165) is 41.2 Å². The van der Waals surface area contributed by atoms with Crippen molar-refractivity contribution >= 4 is 5.91 Å². The van der Waals surface area contributed by atoms with Gasteiger partial charge < -0.3 is 14.2 Å². The molecule has 1 saturated heterocycles. The van der Waals surface area contributed by atoms with Crippen molar-refractivity contribution in [3.63, 3.8) is 0 Å². The van der Waals surface area contributed by atoms with Gasteiger partial charge in [-0.1, -0.05) is 5.16 Å². The maximum absolute atomic E-state index is 12.6. The first-order chi connectivity index (χ1) is 14.1. The Bertz CT molecular complexity index is 971. The average Bonchev–Trinajstić information content (AvgIpc) is 3.11. The number of carbonyl (C=O) groups excluding carboxylic acids is 1. The molecule has 0 N–H and O–H groups in total. The van der Waals surface area contributed by atoms with Crippen molar-refractivity contribution in [1.82, 2.24) is 30.2 Å². The second kappa shape index (κ2) is 8.44. The highest BCUT2D eigenvalue weighted by Gasteiger charge is 2.25. The summed E-state index contributed by atoms with van der Waals surface area (Å²) in [6.45, 7) is 5.40. The molecule has 1 amide bonds. The highest BCUT2D eigenvalue weighted by molar-refractivity contribution is 5.93. The van der Waals surface area contributed by atoms with Crippen LogP contribution in [-0.2, 0) is 11.2 Å². The van der Waals surface area contributed by atoms with Crippen molar-refractivity contribution in [3.8, 4) is 11.3 Å². The van der Waals surface area contributed by atoms with E-state index in [0.29, 0.717) is 25.3 Å². The van der Waals surface area contributed by atoms with Crippen LogP contribution in [0.5, 0.6) is 0 Å². The topological polar surface area (TPSA) is 107 Å². The van der Waals surface area contributed by atoms with E-state index < -0.39 is 0 Å². The number of carbonyl (C=O) groups is 1. The standard InChI is InChI=1S/C20H22N6O3/c1-13-19(14(2)29-25-13)18-9-16(21-12-22-18)3-4-17-11-26(7-8-28-17)20(27)15-5-6-23-24-10-15/h5-6,9-10,12,17H,3-4,7-8,11H2,1-2H3/t17-/m0/s1. The molecular weight excluding hydrogens is 372 g/mol. The van der Waals surface area contributed by atoms with Crippen molar-refractivity contribution < 1.29 is 14.1 Å². The Morgan fingerprint density at radius 3 is 2.93 bits per heavy atom. The van der Waals surface area contributed by atoms with Gasteiger partial charge in [0.25, 0.3) is 5.91 Å². The lowest BCUT2D eigenvalue weighted by Crippen LogP contribution is -2.45. The fourth-order valence-corrected chi connectivity index (χ4v) is 3.51. The third-order valence-electron chi connectivity index (χ3n) is 4.99. The smallest absolute Gasteiger partial charge is 0.255 e. The van der Waals surface area contributed by atoms with E-state index in [1.165, 1.54) is 12.4 Å². The molecule has 3 aromatic rings. The number of ether oxygens (including phenoxy) is 1. The number of nitrogens with zero attached hydrogens (tertiary/aromatic N) is 6. The minimum atomic E-state index is -0.0454. The summed E-state index contributed by atoms with van der Waals surface area (Å²) in [6.07, 6.45) is 6.02. The molecule has 4 rings (SSSR count). The second-order valence-corrected chi connectivity index (χ2v) is 7.01. The zero-order chi connectivity index (χ0) is 20.2.